The number of benzene rings is 1. The van der Waals surface area contributed by atoms with Crippen molar-refractivity contribution in [3.63, 3.8) is 0 Å². The Morgan fingerprint density at radius 2 is 2.11 bits per heavy atom. The van der Waals surface area contributed by atoms with Gasteiger partial charge in [0.25, 0.3) is 0 Å². The number of sulfonamides is 1. The molecule has 0 amide bonds. The molecule has 0 aromatic heterocycles. The molecule has 1 aliphatic rings. The predicted molar refractivity (Wildman–Crippen MR) is 76.4 cm³/mol. The molecular weight excluding hydrogens is 386 g/mol. The molecule has 18 heavy (non-hydrogen) atoms. The standard InChI is InChI=1S/C11H13Br2NO3S/c12-7-9-8-14(5-6-17-9)18(15,16)11-4-2-1-3-10(11)13/h1-4,9H,5-8H2. The largest absolute Gasteiger partial charge is 0.375 e. The molecule has 7 heteroatoms. The highest BCUT2D eigenvalue weighted by Gasteiger charge is 2.31. The van der Waals surface area contributed by atoms with Crippen molar-refractivity contribution in [1.82, 2.24) is 4.31 Å². The zero-order valence-corrected chi connectivity index (χ0v) is 13.5. The number of hydrogen-bond acceptors (Lipinski definition) is 3. The van der Waals surface area contributed by atoms with E-state index in [0.717, 1.165) is 0 Å². The SMILES string of the molecule is O=S(=O)(c1ccccc1Br)N1CCOC(CBr)C1. The first-order valence-corrected chi connectivity index (χ1v) is 8.83. The normalized spacial score (nSPS) is 22.0. The lowest BCUT2D eigenvalue weighted by Gasteiger charge is -2.31. The maximum absolute atomic E-state index is 12.5. The van der Waals surface area contributed by atoms with E-state index in [2.05, 4.69) is 31.9 Å². The summed E-state index contributed by atoms with van der Waals surface area (Å²) in [5.74, 6) is 0. The summed E-state index contributed by atoms with van der Waals surface area (Å²) in [6.07, 6.45) is -0.0870. The Labute approximate surface area is 124 Å². The number of hydrogen-bond donors (Lipinski definition) is 0. The minimum Gasteiger partial charge on any atom is -0.375 e. The quantitative estimate of drug-likeness (QED) is 0.733. The van der Waals surface area contributed by atoms with Gasteiger partial charge in [-0.05, 0) is 28.1 Å². The molecule has 1 aromatic rings. The van der Waals surface area contributed by atoms with E-state index < -0.39 is 10.0 Å². The Balaban J connectivity index is 2.29. The zero-order valence-electron chi connectivity index (χ0n) is 9.55. The van der Waals surface area contributed by atoms with Crippen molar-refractivity contribution in [3.8, 4) is 0 Å². The maximum Gasteiger partial charge on any atom is 0.244 e. The Kier molecular flexibility index (Phi) is 4.82. The van der Waals surface area contributed by atoms with Gasteiger partial charge in [0.1, 0.15) is 0 Å². The topological polar surface area (TPSA) is 46.6 Å². The van der Waals surface area contributed by atoms with E-state index in [1.54, 1.807) is 24.3 Å². The first-order valence-electron chi connectivity index (χ1n) is 5.48. The number of ether oxygens (including phenoxy) is 1. The number of alkyl halides is 1. The summed E-state index contributed by atoms with van der Waals surface area (Å²) in [5, 5.41) is 0.634. The van der Waals surface area contributed by atoms with Crippen molar-refractivity contribution < 1.29 is 13.2 Å². The van der Waals surface area contributed by atoms with Crippen molar-refractivity contribution in [2.75, 3.05) is 25.0 Å². The second kappa shape index (κ2) is 6.00. The molecule has 1 unspecified atom stereocenters. The van der Waals surface area contributed by atoms with Crippen LogP contribution in [0.4, 0.5) is 0 Å². The summed E-state index contributed by atoms with van der Waals surface area (Å²) in [6, 6.07) is 6.86. The molecule has 0 N–H and O–H groups in total. The van der Waals surface area contributed by atoms with Gasteiger partial charge >= 0.3 is 0 Å². The van der Waals surface area contributed by atoms with E-state index in [1.165, 1.54) is 4.31 Å². The second-order valence-corrected chi connectivity index (χ2v) is 7.35. The molecule has 2 rings (SSSR count). The highest BCUT2D eigenvalue weighted by atomic mass is 79.9. The molecule has 0 radical (unpaired) electrons. The molecule has 1 aromatic carbocycles. The van der Waals surface area contributed by atoms with E-state index in [4.69, 9.17) is 4.74 Å². The zero-order chi connectivity index (χ0) is 13.2. The van der Waals surface area contributed by atoms with E-state index in [9.17, 15) is 8.42 Å². The van der Waals surface area contributed by atoms with Crippen LogP contribution in [0.3, 0.4) is 0 Å². The molecule has 1 aliphatic heterocycles. The average Bonchev–Trinajstić information content (AvgIpc) is 2.39. The van der Waals surface area contributed by atoms with Gasteiger partial charge in [-0.25, -0.2) is 8.42 Å². The van der Waals surface area contributed by atoms with E-state index in [0.29, 0.717) is 34.4 Å². The number of morpholine rings is 1. The lowest BCUT2D eigenvalue weighted by Crippen LogP contribution is -2.46. The third-order valence-corrected chi connectivity index (χ3v) is 6.33. The van der Waals surface area contributed by atoms with E-state index >= 15 is 0 Å². The van der Waals surface area contributed by atoms with Crippen LogP contribution >= 0.6 is 31.9 Å². The first kappa shape index (κ1) is 14.5. The highest BCUT2D eigenvalue weighted by Crippen LogP contribution is 2.26. The second-order valence-electron chi connectivity index (χ2n) is 3.94. The summed E-state index contributed by atoms with van der Waals surface area (Å²) in [5.41, 5.74) is 0. The summed E-state index contributed by atoms with van der Waals surface area (Å²) < 4.78 is 32.5. The lowest BCUT2D eigenvalue weighted by molar-refractivity contribution is 0.0136. The third kappa shape index (κ3) is 2.96. The van der Waals surface area contributed by atoms with Gasteiger partial charge in [0.15, 0.2) is 0 Å². The molecule has 1 fully saturated rings. The smallest absolute Gasteiger partial charge is 0.244 e. The number of nitrogens with zero attached hydrogens (tertiary/aromatic N) is 1. The van der Waals surface area contributed by atoms with Gasteiger partial charge in [0.05, 0.1) is 17.6 Å². The van der Waals surface area contributed by atoms with Gasteiger partial charge in [0.2, 0.25) is 10.0 Å². The third-order valence-electron chi connectivity index (χ3n) is 2.73. The fraction of sp³-hybridized carbons (Fsp3) is 0.455. The van der Waals surface area contributed by atoms with Crippen LogP contribution < -0.4 is 0 Å². The molecule has 1 saturated heterocycles. The van der Waals surface area contributed by atoms with Crippen LogP contribution in [0.15, 0.2) is 33.6 Å². The molecule has 4 nitrogen and oxygen atoms in total. The predicted octanol–water partition coefficient (Wildman–Crippen LogP) is 2.23. The van der Waals surface area contributed by atoms with Crippen molar-refractivity contribution in [2.45, 2.75) is 11.0 Å². The Morgan fingerprint density at radius 3 is 2.78 bits per heavy atom. The minimum atomic E-state index is -3.45. The van der Waals surface area contributed by atoms with Crippen LogP contribution in [0.1, 0.15) is 0 Å². The number of halogens is 2. The summed E-state index contributed by atoms with van der Waals surface area (Å²) in [7, 11) is -3.45. The summed E-state index contributed by atoms with van der Waals surface area (Å²) >= 11 is 6.60. The van der Waals surface area contributed by atoms with Gasteiger partial charge in [-0.1, -0.05) is 28.1 Å². The molecular formula is C11H13Br2NO3S. The Bertz CT molecular complexity index is 521. The van der Waals surface area contributed by atoms with E-state index in [1.807, 2.05) is 0 Å². The van der Waals surface area contributed by atoms with E-state index in [-0.39, 0.29) is 6.10 Å². The van der Waals surface area contributed by atoms with Crippen molar-refractivity contribution in [3.05, 3.63) is 28.7 Å². The van der Waals surface area contributed by atoms with Crippen LogP contribution in [0.2, 0.25) is 0 Å². The van der Waals surface area contributed by atoms with Gasteiger partial charge < -0.3 is 4.74 Å². The fourth-order valence-electron chi connectivity index (χ4n) is 1.80. The molecule has 0 aliphatic carbocycles. The van der Waals surface area contributed by atoms with Gasteiger partial charge in [-0.3, -0.25) is 0 Å². The first-order chi connectivity index (χ1) is 8.55. The summed E-state index contributed by atoms with van der Waals surface area (Å²) in [4.78, 5) is 0.306. The van der Waals surface area contributed by atoms with Gasteiger partial charge in [0, 0.05) is 22.9 Å². The highest BCUT2D eigenvalue weighted by molar-refractivity contribution is 9.10. The molecule has 0 spiro atoms. The van der Waals surface area contributed by atoms with Crippen molar-refractivity contribution in [2.24, 2.45) is 0 Å². The van der Waals surface area contributed by atoms with Crippen LogP contribution in [0, 0.1) is 0 Å². The monoisotopic (exact) mass is 397 g/mol. The van der Waals surface area contributed by atoms with Gasteiger partial charge in [-0.15, -0.1) is 0 Å². The van der Waals surface area contributed by atoms with Crippen LogP contribution in [0.5, 0.6) is 0 Å². The molecule has 0 bridgehead atoms. The molecule has 100 valence electrons. The van der Waals surface area contributed by atoms with Crippen molar-refractivity contribution >= 4 is 41.9 Å². The summed E-state index contributed by atoms with van der Waals surface area (Å²) in [6.45, 7) is 1.21. The van der Waals surface area contributed by atoms with Crippen molar-refractivity contribution in [1.29, 1.82) is 0 Å². The molecule has 0 saturated carbocycles. The average molecular weight is 399 g/mol. The minimum absolute atomic E-state index is 0.0870. The Morgan fingerprint density at radius 1 is 1.39 bits per heavy atom. The van der Waals surface area contributed by atoms with Crippen LogP contribution in [-0.4, -0.2) is 43.9 Å². The maximum atomic E-state index is 12.5. The fourth-order valence-corrected chi connectivity index (χ4v) is 4.61. The van der Waals surface area contributed by atoms with Crippen LogP contribution in [-0.2, 0) is 14.8 Å². The van der Waals surface area contributed by atoms with Gasteiger partial charge in [-0.2, -0.15) is 4.31 Å². The lowest BCUT2D eigenvalue weighted by atomic mass is 10.3. The molecule has 1 atom stereocenters. The van der Waals surface area contributed by atoms with Crippen LogP contribution in [0.25, 0.3) is 0 Å². The Hall–Kier alpha value is 0.0500. The number of rotatable bonds is 3. The molecule has 1 heterocycles.